The van der Waals surface area contributed by atoms with E-state index >= 15 is 0 Å². The van der Waals surface area contributed by atoms with Crippen LogP contribution in [0.25, 0.3) is 16.3 Å². The summed E-state index contributed by atoms with van der Waals surface area (Å²) in [5.41, 5.74) is 0.825. The van der Waals surface area contributed by atoms with Gasteiger partial charge < -0.3 is 5.11 Å². The predicted molar refractivity (Wildman–Crippen MR) is 135 cm³/mol. The first-order valence-corrected chi connectivity index (χ1v) is 12.6. The molecule has 5 nitrogen and oxygen atoms in total. The first-order valence-electron chi connectivity index (χ1n) is 10.9. The predicted octanol–water partition coefficient (Wildman–Crippen LogP) is 7.06. The summed E-state index contributed by atoms with van der Waals surface area (Å²) in [5.74, 6) is 3.97. The fourth-order valence-electron chi connectivity index (χ4n) is 3.49. The van der Waals surface area contributed by atoms with Crippen molar-refractivity contribution in [1.29, 1.82) is 0 Å². The summed E-state index contributed by atoms with van der Waals surface area (Å²) >= 11 is 2.67. The summed E-state index contributed by atoms with van der Waals surface area (Å²) in [5, 5.41) is 14.8. The Balaban J connectivity index is 1.80. The first kappa shape index (κ1) is 26.4. The number of carboxylic acid groups (broad SMARTS) is 1. The van der Waals surface area contributed by atoms with Crippen molar-refractivity contribution in [3.8, 4) is 28.1 Å². The largest absolute Gasteiger partial charge is 0.476 e. The van der Waals surface area contributed by atoms with Crippen LogP contribution in [-0.2, 0) is 6.18 Å². The molecule has 2 heterocycles. The zero-order chi connectivity index (χ0) is 26.9. The number of aromatic carboxylic acids is 1. The Hall–Kier alpha value is -3.62. The first-order chi connectivity index (χ1) is 17.4. The minimum Gasteiger partial charge on any atom is -0.476 e. The van der Waals surface area contributed by atoms with E-state index in [4.69, 9.17) is 0 Å². The van der Waals surface area contributed by atoms with Gasteiger partial charge >= 0.3 is 12.1 Å². The van der Waals surface area contributed by atoms with E-state index in [-0.39, 0.29) is 21.6 Å². The summed E-state index contributed by atoms with van der Waals surface area (Å²) in [4.78, 5) is 16.8. The number of benzene rings is 2. The highest BCUT2D eigenvalue weighted by atomic mass is 32.2. The molecule has 4 aromatic rings. The van der Waals surface area contributed by atoms with Gasteiger partial charge in [0.15, 0.2) is 5.69 Å². The number of aryl methyl sites for hydroxylation is 1. The van der Waals surface area contributed by atoms with E-state index in [0.29, 0.717) is 26.7 Å². The summed E-state index contributed by atoms with van der Waals surface area (Å²) in [7, 11) is 0. The van der Waals surface area contributed by atoms with Gasteiger partial charge in [-0.15, -0.1) is 11.8 Å². The van der Waals surface area contributed by atoms with Gasteiger partial charge in [0.2, 0.25) is 5.13 Å². The summed E-state index contributed by atoms with van der Waals surface area (Å²) in [6.07, 6.45) is -4.44. The second-order valence-corrected chi connectivity index (χ2v) is 11.0. The van der Waals surface area contributed by atoms with E-state index in [0.717, 1.165) is 12.1 Å². The third-order valence-electron chi connectivity index (χ3n) is 5.02. The molecule has 11 heteroatoms. The Kier molecular flexibility index (Phi) is 7.43. The number of thiazole rings is 1. The van der Waals surface area contributed by atoms with Gasteiger partial charge in [-0.2, -0.15) is 23.0 Å². The van der Waals surface area contributed by atoms with Gasteiger partial charge in [0.25, 0.3) is 0 Å². The van der Waals surface area contributed by atoms with Crippen LogP contribution in [0.2, 0.25) is 0 Å². The highest BCUT2D eigenvalue weighted by molar-refractivity contribution is 8.01. The highest BCUT2D eigenvalue weighted by Gasteiger charge is 2.30. The number of alkyl halides is 3. The van der Waals surface area contributed by atoms with Gasteiger partial charge in [0, 0.05) is 16.4 Å². The van der Waals surface area contributed by atoms with Gasteiger partial charge in [-0.1, -0.05) is 43.2 Å². The minimum atomic E-state index is -4.44. The molecule has 0 atom stereocenters. The van der Waals surface area contributed by atoms with Crippen molar-refractivity contribution in [2.75, 3.05) is 0 Å². The highest BCUT2D eigenvalue weighted by Crippen LogP contribution is 2.36. The van der Waals surface area contributed by atoms with Crippen LogP contribution in [0.3, 0.4) is 0 Å². The molecular formula is C26H19F4N3O2S2. The number of aromatic nitrogens is 3. The average Bonchev–Trinajstić information content (AvgIpc) is 3.37. The van der Waals surface area contributed by atoms with Crippen molar-refractivity contribution in [2.45, 2.75) is 36.4 Å². The van der Waals surface area contributed by atoms with Crippen molar-refractivity contribution in [2.24, 2.45) is 0 Å². The van der Waals surface area contributed by atoms with Crippen molar-refractivity contribution < 1.29 is 27.5 Å². The van der Waals surface area contributed by atoms with E-state index in [1.54, 1.807) is 13.0 Å². The molecule has 0 bridgehead atoms. The standard InChI is InChI=1S/C26H19F4N3O2S2/c1-14(2)36-24-20(12-9-16-7-10-18(11-8-16)26(28,29)30)31-25(37-24)33-22(23(34)35)21(15(3)32-33)17-5-4-6-19(27)13-17/h4-8,10-11,13-14H,1-3H3,(H,34,35). The van der Waals surface area contributed by atoms with Crippen LogP contribution in [0.5, 0.6) is 0 Å². The molecular weight excluding hydrogens is 526 g/mol. The van der Waals surface area contributed by atoms with E-state index < -0.39 is 23.5 Å². The number of carboxylic acids is 1. The Bertz CT molecular complexity index is 1530. The van der Waals surface area contributed by atoms with Gasteiger partial charge in [-0.25, -0.2) is 14.2 Å². The van der Waals surface area contributed by atoms with Crippen molar-refractivity contribution >= 4 is 29.1 Å². The SMILES string of the molecule is Cc1nn(-c2nc(C#Cc3ccc(C(F)(F)F)cc3)c(SC(C)C)s2)c(C(=O)O)c1-c1cccc(F)c1. The Morgan fingerprint density at radius 3 is 2.43 bits per heavy atom. The van der Waals surface area contributed by atoms with E-state index in [2.05, 4.69) is 21.9 Å². The molecule has 0 amide bonds. The smallest absolute Gasteiger partial charge is 0.416 e. The fraction of sp³-hybridized carbons (Fsp3) is 0.192. The van der Waals surface area contributed by atoms with Crippen LogP contribution in [0, 0.1) is 24.6 Å². The normalized spacial score (nSPS) is 11.5. The van der Waals surface area contributed by atoms with Crippen molar-refractivity contribution in [1.82, 2.24) is 14.8 Å². The van der Waals surface area contributed by atoms with Crippen LogP contribution in [-0.4, -0.2) is 31.1 Å². The molecule has 0 aliphatic rings. The average molecular weight is 546 g/mol. The second kappa shape index (κ2) is 10.4. The maximum Gasteiger partial charge on any atom is 0.416 e. The Labute approximate surface area is 218 Å². The molecule has 0 spiro atoms. The fourth-order valence-corrected chi connectivity index (χ4v) is 5.83. The van der Waals surface area contributed by atoms with Gasteiger partial charge in [-0.05, 0) is 54.8 Å². The molecule has 0 saturated heterocycles. The van der Waals surface area contributed by atoms with Crippen LogP contribution in [0.1, 0.15) is 46.9 Å². The molecule has 2 aromatic carbocycles. The monoisotopic (exact) mass is 545 g/mol. The maximum atomic E-state index is 13.9. The lowest BCUT2D eigenvalue weighted by atomic mass is 10.0. The molecule has 0 saturated carbocycles. The number of hydrogen-bond acceptors (Lipinski definition) is 5. The number of rotatable bonds is 5. The quantitative estimate of drug-likeness (QED) is 0.165. The topological polar surface area (TPSA) is 68.0 Å². The lowest BCUT2D eigenvalue weighted by Crippen LogP contribution is -2.09. The molecule has 1 N–H and O–H groups in total. The van der Waals surface area contributed by atoms with Crippen molar-refractivity contribution in [3.63, 3.8) is 0 Å². The number of hydrogen-bond donors (Lipinski definition) is 1. The van der Waals surface area contributed by atoms with Gasteiger partial charge in [0.05, 0.1) is 15.5 Å². The van der Waals surface area contributed by atoms with Crippen LogP contribution in [0.15, 0.2) is 52.7 Å². The van der Waals surface area contributed by atoms with E-state index in [1.807, 2.05) is 13.8 Å². The zero-order valence-corrected chi connectivity index (χ0v) is 21.4. The van der Waals surface area contributed by atoms with Crippen LogP contribution < -0.4 is 0 Å². The van der Waals surface area contributed by atoms with Gasteiger partial charge in [-0.3, -0.25) is 0 Å². The van der Waals surface area contributed by atoms with E-state index in [1.165, 1.54) is 58.1 Å². The number of nitrogens with zero attached hydrogens (tertiary/aromatic N) is 3. The molecule has 4 rings (SSSR count). The van der Waals surface area contributed by atoms with Crippen molar-refractivity contribution in [3.05, 3.63) is 82.6 Å². The molecule has 37 heavy (non-hydrogen) atoms. The molecule has 0 fully saturated rings. The summed E-state index contributed by atoms with van der Waals surface area (Å²) in [6.45, 7) is 5.58. The number of thioether (sulfide) groups is 1. The summed E-state index contributed by atoms with van der Waals surface area (Å²) in [6, 6.07) is 10.1. The van der Waals surface area contributed by atoms with Crippen LogP contribution in [0.4, 0.5) is 17.6 Å². The zero-order valence-electron chi connectivity index (χ0n) is 19.7. The van der Waals surface area contributed by atoms with Gasteiger partial charge in [0.1, 0.15) is 11.5 Å². The molecule has 190 valence electrons. The lowest BCUT2D eigenvalue weighted by Gasteiger charge is -2.05. The molecule has 0 aliphatic heterocycles. The molecule has 0 aliphatic carbocycles. The van der Waals surface area contributed by atoms with Crippen LogP contribution >= 0.6 is 23.1 Å². The third-order valence-corrected chi connectivity index (χ3v) is 7.27. The minimum absolute atomic E-state index is 0.154. The lowest BCUT2D eigenvalue weighted by molar-refractivity contribution is -0.137. The Morgan fingerprint density at radius 2 is 1.84 bits per heavy atom. The molecule has 0 unspecified atom stereocenters. The Morgan fingerprint density at radius 1 is 1.14 bits per heavy atom. The third kappa shape index (κ3) is 5.87. The number of halogens is 4. The molecule has 2 aromatic heterocycles. The molecule has 0 radical (unpaired) electrons. The second-order valence-electron chi connectivity index (χ2n) is 8.16. The number of carbonyl (C=O) groups is 1. The summed E-state index contributed by atoms with van der Waals surface area (Å²) < 4.78 is 54.3. The van der Waals surface area contributed by atoms with E-state index in [9.17, 15) is 27.5 Å². The maximum absolute atomic E-state index is 13.9.